The summed E-state index contributed by atoms with van der Waals surface area (Å²) in [6.45, 7) is 8.67. The van der Waals surface area contributed by atoms with Crippen LogP contribution in [0.1, 0.15) is 89.0 Å². The van der Waals surface area contributed by atoms with Gasteiger partial charge in [0.15, 0.2) is 5.82 Å². The second-order valence-electron chi connectivity index (χ2n) is 9.97. The Morgan fingerprint density at radius 1 is 1.14 bits per heavy atom. The van der Waals surface area contributed by atoms with Crippen molar-refractivity contribution in [2.24, 2.45) is 0 Å². The first-order valence-electron chi connectivity index (χ1n) is 13.8. The van der Waals surface area contributed by atoms with E-state index >= 15 is 0 Å². The van der Waals surface area contributed by atoms with Crippen LogP contribution in [0.15, 0.2) is 30.3 Å². The van der Waals surface area contributed by atoms with Gasteiger partial charge in [0.1, 0.15) is 5.82 Å². The number of H-pyrrole nitrogens is 1. The fourth-order valence-electron chi connectivity index (χ4n) is 5.08. The number of aromatic amines is 1. The van der Waals surface area contributed by atoms with Gasteiger partial charge in [-0.15, -0.1) is 0 Å². The van der Waals surface area contributed by atoms with E-state index in [0.29, 0.717) is 37.5 Å². The van der Waals surface area contributed by atoms with Gasteiger partial charge in [0, 0.05) is 13.0 Å². The Labute approximate surface area is 222 Å². The lowest BCUT2D eigenvalue weighted by atomic mass is 9.94. The molecule has 2 aromatic rings. The molecule has 0 spiro atoms. The van der Waals surface area contributed by atoms with Crippen molar-refractivity contribution in [2.75, 3.05) is 25.4 Å². The highest BCUT2D eigenvalue weighted by Gasteiger charge is 2.27. The van der Waals surface area contributed by atoms with E-state index in [1.165, 1.54) is 6.42 Å². The summed E-state index contributed by atoms with van der Waals surface area (Å²) >= 11 is 0. The number of rotatable bonds is 15. The molecular weight excluding hydrogens is 488 g/mol. The lowest BCUT2D eigenvalue weighted by molar-refractivity contribution is -0.132. The van der Waals surface area contributed by atoms with Crippen molar-refractivity contribution < 1.29 is 13.2 Å². The van der Waals surface area contributed by atoms with Crippen molar-refractivity contribution in [3.63, 3.8) is 0 Å². The molecule has 206 valence electrons. The number of carbonyl (C=O) groups excluding carboxylic acids is 1. The van der Waals surface area contributed by atoms with Crippen LogP contribution in [0.2, 0.25) is 0 Å². The van der Waals surface area contributed by atoms with Gasteiger partial charge in [-0.25, -0.2) is 18.1 Å². The average molecular weight is 533 g/mol. The van der Waals surface area contributed by atoms with Crippen molar-refractivity contribution in [1.29, 1.82) is 0 Å². The van der Waals surface area contributed by atoms with Gasteiger partial charge in [-0.3, -0.25) is 9.89 Å². The fraction of sp³-hybridized carbons (Fsp3) is 0.667. The minimum Gasteiger partial charge on any atom is -0.332 e. The summed E-state index contributed by atoms with van der Waals surface area (Å²) in [5, 5.41) is 7.37. The predicted octanol–water partition coefficient (Wildman–Crippen LogP) is 3.81. The number of benzene rings is 1. The SMILES string of the molecule is CCN(CC)CCCS(=O)(=O)N[C@H](CCc1ccccc1)c1n[nH]c(CN(C(C)=O)C2CCCCC2)n1. The maximum atomic E-state index is 13.0. The molecule has 0 unspecified atom stereocenters. The number of nitrogens with one attached hydrogen (secondary N) is 2. The molecule has 1 heterocycles. The largest absolute Gasteiger partial charge is 0.332 e. The maximum absolute atomic E-state index is 13.0. The fourth-order valence-corrected chi connectivity index (χ4v) is 6.36. The first kappa shape index (κ1) is 29.3. The Kier molecular flexibility index (Phi) is 11.5. The smallest absolute Gasteiger partial charge is 0.220 e. The van der Waals surface area contributed by atoms with Gasteiger partial charge in [-0.2, -0.15) is 5.10 Å². The Morgan fingerprint density at radius 3 is 2.49 bits per heavy atom. The summed E-state index contributed by atoms with van der Waals surface area (Å²) in [6, 6.07) is 9.67. The van der Waals surface area contributed by atoms with Gasteiger partial charge in [0.2, 0.25) is 15.9 Å². The molecule has 0 saturated heterocycles. The number of amides is 1. The third-order valence-electron chi connectivity index (χ3n) is 7.27. The van der Waals surface area contributed by atoms with E-state index in [0.717, 1.165) is 50.9 Å². The zero-order chi connectivity index (χ0) is 26.7. The molecule has 10 heteroatoms. The lowest BCUT2D eigenvalue weighted by Crippen LogP contribution is -2.39. The number of hydrogen-bond acceptors (Lipinski definition) is 6. The van der Waals surface area contributed by atoms with Crippen LogP contribution in [0, 0.1) is 0 Å². The summed E-state index contributed by atoms with van der Waals surface area (Å²) in [7, 11) is -3.52. The molecule has 9 nitrogen and oxygen atoms in total. The first-order valence-corrected chi connectivity index (χ1v) is 15.4. The van der Waals surface area contributed by atoms with E-state index in [9.17, 15) is 13.2 Å². The third kappa shape index (κ3) is 9.50. The van der Waals surface area contributed by atoms with Crippen LogP contribution in [0.5, 0.6) is 0 Å². The van der Waals surface area contributed by atoms with Crippen LogP contribution in [0.3, 0.4) is 0 Å². The monoisotopic (exact) mass is 532 g/mol. The number of sulfonamides is 1. The molecule has 0 aliphatic heterocycles. The Morgan fingerprint density at radius 2 is 1.84 bits per heavy atom. The minimum atomic E-state index is -3.52. The van der Waals surface area contributed by atoms with Crippen LogP contribution in [0.4, 0.5) is 0 Å². The van der Waals surface area contributed by atoms with Crippen LogP contribution in [0.25, 0.3) is 0 Å². The highest BCUT2D eigenvalue weighted by Crippen LogP contribution is 2.24. The van der Waals surface area contributed by atoms with Crippen molar-refractivity contribution in [3.05, 3.63) is 47.5 Å². The van der Waals surface area contributed by atoms with E-state index < -0.39 is 16.1 Å². The summed E-state index contributed by atoms with van der Waals surface area (Å²) < 4.78 is 28.9. The maximum Gasteiger partial charge on any atom is 0.220 e. The minimum absolute atomic E-state index is 0.0272. The highest BCUT2D eigenvalue weighted by atomic mass is 32.2. The summed E-state index contributed by atoms with van der Waals surface area (Å²) in [6.07, 6.45) is 7.29. The topological polar surface area (TPSA) is 111 Å². The van der Waals surface area contributed by atoms with E-state index in [2.05, 4.69) is 38.7 Å². The van der Waals surface area contributed by atoms with Gasteiger partial charge in [-0.05, 0) is 57.3 Å². The number of hydrogen-bond donors (Lipinski definition) is 2. The molecule has 1 aliphatic rings. The second kappa shape index (κ2) is 14.6. The van der Waals surface area contributed by atoms with E-state index in [1.54, 1.807) is 6.92 Å². The van der Waals surface area contributed by atoms with E-state index in [4.69, 9.17) is 0 Å². The van der Waals surface area contributed by atoms with E-state index in [1.807, 2.05) is 35.2 Å². The Balaban J connectivity index is 1.71. The summed E-state index contributed by atoms with van der Waals surface area (Å²) in [5.41, 5.74) is 1.13. The molecule has 1 aliphatic carbocycles. The molecule has 1 aromatic heterocycles. The average Bonchev–Trinajstić information content (AvgIpc) is 3.37. The number of aryl methyl sites for hydroxylation is 1. The molecule has 37 heavy (non-hydrogen) atoms. The van der Waals surface area contributed by atoms with Crippen molar-refractivity contribution in [3.8, 4) is 0 Å². The van der Waals surface area contributed by atoms with Crippen LogP contribution >= 0.6 is 0 Å². The molecule has 1 fully saturated rings. The number of aromatic nitrogens is 3. The molecule has 1 atom stereocenters. The lowest BCUT2D eigenvalue weighted by Gasteiger charge is -2.33. The van der Waals surface area contributed by atoms with Gasteiger partial charge >= 0.3 is 0 Å². The van der Waals surface area contributed by atoms with Gasteiger partial charge in [0.25, 0.3) is 0 Å². The molecule has 1 amide bonds. The molecular formula is C27H44N6O3S. The quantitative estimate of drug-likeness (QED) is 0.361. The summed E-state index contributed by atoms with van der Waals surface area (Å²) in [4.78, 5) is 21.2. The normalized spacial score (nSPS) is 15.7. The molecule has 1 saturated carbocycles. The van der Waals surface area contributed by atoms with Gasteiger partial charge in [-0.1, -0.05) is 63.4 Å². The summed E-state index contributed by atoms with van der Waals surface area (Å²) in [5.74, 6) is 1.09. The van der Waals surface area contributed by atoms with Crippen LogP contribution < -0.4 is 4.72 Å². The first-order chi connectivity index (χ1) is 17.8. The van der Waals surface area contributed by atoms with E-state index in [-0.39, 0.29) is 17.7 Å². The standard InChI is InChI=1S/C27H44N6O3S/c1-4-32(5-2)19-12-20-37(35,36)31-25(18-17-23-13-8-6-9-14-23)27-28-26(29-30-27)21-33(22(3)34)24-15-10-7-11-16-24/h6,8-9,13-14,24-25,31H,4-5,7,10-12,15-21H2,1-3H3,(H,28,29,30)/t25-/m1/s1. The van der Waals surface area contributed by atoms with Crippen molar-refractivity contribution in [1.82, 2.24) is 29.7 Å². The zero-order valence-electron chi connectivity index (χ0n) is 22.7. The highest BCUT2D eigenvalue weighted by molar-refractivity contribution is 7.89. The van der Waals surface area contributed by atoms with Gasteiger partial charge in [0.05, 0.1) is 18.3 Å². The number of nitrogens with zero attached hydrogens (tertiary/aromatic N) is 4. The van der Waals surface area contributed by atoms with Crippen LogP contribution in [-0.2, 0) is 27.8 Å². The predicted molar refractivity (Wildman–Crippen MR) is 146 cm³/mol. The molecule has 0 bridgehead atoms. The molecule has 3 rings (SSSR count). The number of carbonyl (C=O) groups is 1. The molecule has 2 N–H and O–H groups in total. The Hall–Kier alpha value is -2.30. The Bertz CT molecular complexity index is 1050. The third-order valence-corrected chi connectivity index (χ3v) is 8.74. The van der Waals surface area contributed by atoms with Crippen molar-refractivity contribution >= 4 is 15.9 Å². The van der Waals surface area contributed by atoms with Gasteiger partial charge < -0.3 is 9.80 Å². The molecule has 1 aromatic carbocycles. The zero-order valence-corrected chi connectivity index (χ0v) is 23.5. The second-order valence-corrected chi connectivity index (χ2v) is 11.8. The van der Waals surface area contributed by atoms with Crippen LogP contribution in [-0.4, -0.2) is 70.7 Å². The van der Waals surface area contributed by atoms with Crippen molar-refractivity contribution in [2.45, 2.75) is 90.8 Å². The molecule has 0 radical (unpaired) electrons.